The third-order valence-corrected chi connectivity index (χ3v) is 2.36. The van der Waals surface area contributed by atoms with Crippen LogP contribution in [0.3, 0.4) is 0 Å². The van der Waals surface area contributed by atoms with E-state index < -0.39 is 11.9 Å². The maximum absolute atomic E-state index is 10.5. The quantitative estimate of drug-likeness (QED) is 0.858. The van der Waals surface area contributed by atoms with E-state index in [0.717, 1.165) is 9.13 Å². The Morgan fingerprint density at radius 3 is 2.87 bits per heavy atom. The van der Waals surface area contributed by atoms with Crippen LogP contribution in [0.4, 0.5) is 0 Å². The van der Waals surface area contributed by atoms with Crippen molar-refractivity contribution in [2.75, 3.05) is 0 Å². The third kappa shape index (κ3) is 2.14. The summed E-state index contributed by atoms with van der Waals surface area (Å²) in [6, 6.07) is 7.39. The zero-order valence-corrected chi connectivity index (χ0v) is 9.50. The number of aromatic carboxylic acids is 1. The first-order valence-electron chi connectivity index (χ1n) is 4.00. The first-order chi connectivity index (χ1) is 7.16. The van der Waals surface area contributed by atoms with Gasteiger partial charge < -0.3 is 9.63 Å². The van der Waals surface area contributed by atoms with Gasteiger partial charge in [0.2, 0.25) is 5.82 Å². The second-order valence-electron chi connectivity index (χ2n) is 2.74. The lowest BCUT2D eigenvalue weighted by Gasteiger charge is -1.93. The average Bonchev–Trinajstić information content (AvgIpc) is 2.66. The van der Waals surface area contributed by atoms with Crippen molar-refractivity contribution in [3.05, 3.63) is 33.7 Å². The molecule has 15 heavy (non-hydrogen) atoms. The van der Waals surface area contributed by atoms with Gasteiger partial charge in [0.1, 0.15) is 0 Å². The van der Waals surface area contributed by atoms with Crippen molar-refractivity contribution in [3.63, 3.8) is 0 Å². The molecule has 0 bridgehead atoms. The summed E-state index contributed by atoms with van der Waals surface area (Å²) in [5.74, 6) is -1.34. The lowest BCUT2D eigenvalue weighted by atomic mass is 10.2. The van der Waals surface area contributed by atoms with Crippen molar-refractivity contribution in [1.29, 1.82) is 0 Å². The summed E-state index contributed by atoms with van der Waals surface area (Å²) in [5, 5.41) is 12.2. The highest BCUT2D eigenvalue weighted by molar-refractivity contribution is 14.1. The van der Waals surface area contributed by atoms with Crippen LogP contribution in [-0.4, -0.2) is 21.2 Å². The Kier molecular flexibility index (Phi) is 2.67. The molecule has 0 fully saturated rings. The Bertz CT molecular complexity index is 510. The minimum absolute atomic E-state index is 0.283. The van der Waals surface area contributed by atoms with Crippen molar-refractivity contribution in [3.8, 4) is 11.4 Å². The molecule has 1 N–H and O–H groups in total. The summed E-state index contributed by atoms with van der Waals surface area (Å²) in [7, 11) is 0. The van der Waals surface area contributed by atoms with Crippen LogP contribution in [0.5, 0.6) is 0 Å². The Labute approximate surface area is 98.3 Å². The Morgan fingerprint density at radius 2 is 2.27 bits per heavy atom. The average molecular weight is 316 g/mol. The fourth-order valence-electron chi connectivity index (χ4n) is 1.06. The lowest BCUT2D eigenvalue weighted by molar-refractivity contribution is 0.0643. The molecule has 1 aromatic heterocycles. The molecule has 0 aliphatic heterocycles. The number of aromatic nitrogens is 2. The molecule has 6 heteroatoms. The van der Waals surface area contributed by atoms with E-state index in [0.29, 0.717) is 0 Å². The third-order valence-electron chi connectivity index (χ3n) is 1.69. The van der Waals surface area contributed by atoms with Gasteiger partial charge in [0, 0.05) is 9.13 Å². The van der Waals surface area contributed by atoms with Gasteiger partial charge in [-0.3, -0.25) is 0 Å². The zero-order chi connectivity index (χ0) is 10.8. The van der Waals surface area contributed by atoms with Crippen molar-refractivity contribution >= 4 is 28.6 Å². The van der Waals surface area contributed by atoms with Gasteiger partial charge in [-0.25, -0.2) is 4.79 Å². The smallest absolute Gasteiger partial charge is 0.394 e. The fraction of sp³-hybridized carbons (Fsp3) is 0. The van der Waals surface area contributed by atoms with E-state index >= 15 is 0 Å². The SMILES string of the molecule is O=C(O)c1nc(-c2cccc(I)c2)no1. The largest absolute Gasteiger partial charge is 0.474 e. The van der Waals surface area contributed by atoms with Crippen LogP contribution in [0.1, 0.15) is 10.7 Å². The van der Waals surface area contributed by atoms with Crippen LogP contribution in [0, 0.1) is 3.57 Å². The predicted octanol–water partition coefficient (Wildman–Crippen LogP) is 2.04. The molecule has 2 rings (SSSR count). The number of benzene rings is 1. The van der Waals surface area contributed by atoms with Gasteiger partial charge in [-0.1, -0.05) is 17.3 Å². The summed E-state index contributed by atoms with van der Waals surface area (Å²) in [4.78, 5) is 14.3. The maximum atomic E-state index is 10.5. The highest BCUT2D eigenvalue weighted by atomic mass is 127. The van der Waals surface area contributed by atoms with E-state index in [1.807, 2.05) is 18.2 Å². The van der Waals surface area contributed by atoms with Crippen LogP contribution in [0.2, 0.25) is 0 Å². The highest BCUT2D eigenvalue weighted by Gasteiger charge is 2.14. The molecule has 2 aromatic rings. The molecule has 0 unspecified atom stereocenters. The van der Waals surface area contributed by atoms with Gasteiger partial charge in [-0.2, -0.15) is 4.98 Å². The molecular weight excluding hydrogens is 311 g/mol. The summed E-state index contributed by atoms with van der Waals surface area (Å²) in [5.41, 5.74) is 0.734. The number of nitrogens with zero attached hydrogens (tertiary/aromatic N) is 2. The van der Waals surface area contributed by atoms with E-state index in [1.54, 1.807) is 6.07 Å². The van der Waals surface area contributed by atoms with Gasteiger partial charge in [-0.15, -0.1) is 0 Å². The molecular formula is C9H5IN2O3. The molecule has 5 nitrogen and oxygen atoms in total. The van der Waals surface area contributed by atoms with Gasteiger partial charge >= 0.3 is 11.9 Å². The monoisotopic (exact) mass is 316 g/mol. The second kappa shape index (κ2) is 3.97. The standard InChI is InChI=1S/C9H5IN2O3/c10-6-3-1-2-5(4-6)7-11-8(9(13)14)15-12-7/h1-4H,(H,13,14). The number of carboxylic acids is 1. The van der Waals surface area contributed by atoms with Crippen molar-refractivity contribution in [2.24, 2.45) is 0 Å². The highest BCUT2D eigenvalue weighted by Crippen LogP contribution is 2.18. The van der Waals surface area contributed by atoms with E-state index in [2.05, 4.69) is 37.3 Å². The maximum Gasteiger partial charge on any atom is 0.394 e. The summed E-state index contributed by atoms with van der Waals surface area (Å²) < 4.78 is 5.58. The van der Waals surface area contributed by atoms with Gasteiger partial charge in [-0.05, 0) is 34.7 Å². The number of rotatable bonds is 2. The predicted molar refractivity (Wildman–Crippen MR) is 59.4 cm³/mol. The molecule has 76 valence electrons. The first kappa shape index (κ1) is 10.1. The molecule has 1 heterocycles. The molecule has 0 atom stereocenters. The molecule has 0 aliphatic carbocycles. The number of carbonyl (C=O) groups is 1. The molecule has 0 spiro atoms. The van der Waals surface area contributed by atoms with Crippen molar-refractivity contribution in [2.45, 2.75) is 0 Å². The Morgan fingerprint density at radius 1 is 1.47 bits per heavy atom. The first-order valence-corrected chi connectivity index (χ1v) is 5.07. The van der Waals surface area contributed by atoms with Crippen molar-refractivity contribution < 1.29 is 14.4 Å². The number of hydrogen-bond acceptors (Lipinski definition) is 4. The van der Waals surface area contributed by atoms with E-state index in [1.165, 1.54) is 0 Å². The van der Waals surface area contributed by atoms with Crippen LogP contribution >= 0.6 is 22.6 Å². The van der Waals surface area contributed by atoms with Gasteiger partial charge in [0.25, 0.3) is 0 Å². The molecule has 0 saturated heterocycles. The Hall–Kier alpha value is -1.44. The molecule has 1 aromatic carbocycles. The minimum atomic E-state index is -1.22. The fourth-order valence-corrected chi connectivity index (χ4v) is 1.60. The van der Waals surface area contributed by atoms with Crippen molar-refractivity contribution in [1.82, 2.24) is 10.1 Å². The van der Waals surface area contributed by atoms with Gasteiger partial charge in [0.05, 0.1) is 0 Å². The Balaban J connectivity index is 2.41. The summed E-state index contributed by atoms with van der Waals surface area (Å²) in [6.45, 7) is 0. The normalized spacial score (nSPS) is 10.2. The molecule has 0 saturated carbocycles. The van der Waals surface area contributed by atoms with Crippen LogP contribution in [-0.2, 0) is 0 Å². The molecule has 0 amide bonds. The van der Waals surface area contributed by atoms with Gasteiger partial charge in [0.15, 0.2) is 0 Å². The minimum Gasteiger partial charge on any atom is -0.474 e. The van der Waals surface area contributed by atoms with Crippen LogP contribution in [0.15, 0.2) is 28.8 Å². The number of halogens is 1. The molecule has 0 radical (unpaired) electrons. The van der Waals surface area contributed by atoms with E-state index in [9.17, 15) is 4.79 Å². The topological polar surface area (TPSA) is 76.2 Å². The lowest BCUT2D eigenvalue weighted by Crippen LogP contribution is -1.95. The number of hydrogen-bond donors (Lipinski definition) is 1. The van der Waals surface area contributed by atoms with E-state index in [-0.39, 0.29) is 5.82 Å². The van der Waals surface area contributed by atoms with E-state index in [4.69, 9.17) is 5.11 Å². The summed E-state index contributed by atoms with van der Waals surface area (Å²) >= 11 is 2.15. The summed E-state index contributed by atoms with van der Waals surface area (Å²) in [6.07, 6.45) is 0. The van der Waals surface area contributed by atoms with Crippen LogP contribution in [0.25, 0.3) is 11.4 Å². The zero-order valence-electron chi connectivity index (χ0n) is 7.35. The second-order valence-corrected chi connectivity index (χ2v) is 3.98. The van der Waals surface area contributed by atoms with Crippen LogP contribution < -0.4 is 0 Å². The molecule has 0 aliphatic rings. The number of carboxylic acid groups (broad SMARTS) is 1.